The van der Waals surface area contributed by atoms with E-state index >= 15 is 0 Å². The number of rotatable bonds is 7. The highest BCUT2D eigenvalue weighted by atomic mass is 19.4. The van der Waals surface area contributed by atoms with Crippen molar-refractivity contribution in [2.75, 3.05) is 6.61 Å². The van der Waals surface area contributed by atoms with Gasteiger partial charge >= 0.3 is 19.4 Å². The van der Waals surface area contributed by atoms with Gasteiger partial charge in [-0.1, -0.05) is 19.9 Å². The third kappa shape index (κ3) is 6.07. The molecule has 0 bridgehead atoms. The highest BCUT2D eigenvalue weighted by molar-refractivity contribution is 6.62. The summed E-state index contributed by atoms with van der Waals surface area (Å²) in [6.07, 6.45) is -5.32. The number of primary amides is 1. The lowest BCUT2D eigenvalue weighted by Gasteiger charge is -2.32. The van der Waals surface area contributed by atoms with E-state index in [1.807, 2.05) is 41.5 Å². The van der Waals surface area contributed by atoms with Crippen LogP contribution >= 0.6 is 0 Å². The fraction of sp³-hybridized carbons (Fsp3) is 0.667. The van der Waals surface area contributed by atoms with Gasteiger partial charge in [0.15, 0.2) is 0 Å². The van der Waals surface area contributed by atoms with Crippen LogP contribution in [0.2, 0.25) is 0 Å². The van der Waals surface area contributed by atoms with Crippen LogP contribution in [0.15, 0.2) is 18.2 Å². The number of carbonyl (C=O) groups excluding carboxylic acids is 1. The quantitative estimate of drug-likeness (QED) is 0.634. The van der Waals surface area contributed by atoms with Gasteiger partial charge in [-0.15, -0.1) is 0 Å². The SMILES string of the molecule is CC(C)CC(C)(COc1ccc(B2OC(C)(C)C(C)(C)O2)cc1C(F)(F)F)OC(N)=O. The summed E-state index contributed by atoms with van der Waals surface area (Å²) >= 11 is 0. The number of amides is 1. The Morgan fingerprint density at radius 1 is 1.16 bits per heavy atom. The molecule has 174 valence electrons. The Hall–Kier alpha value is -1.94. The number of halogens is 3. The number of hydrogen-bond donors (Lipinski definition) is 1. The molecule has 10 heteroatoms. The van der Waals surface area contributed by atoms with E-state index in [1.165, 1.54) is 12.1 Å². The first-order chi connectivity index (χ1) is 14.0. The molecule has 1 fully saturated rings. The minimum absolute atomic E-state index is 0.0979. The highest BCUT2D eigenvalue weighted by Crippen LogP contribution is 2.39. The van der Waals surface area contributed by atoms with Crippen molar-refractivity contribution < 1.29 is 36.7 Å². The van der Waals surface area contributed by atoms with Crippen molar-refractivity contribution in [1.82, 2.24) is 0 Å². The molecule has 1 saturated heterocycles. The van der Waals surface area contributed by atoms with Crippen molar-refractivity contribution in [3.8, 4) is 5.75 Å². The molecule has 1 aromatic carbocycles. The van der Waals surface area contributed by atoms with Gasteiger partial charge < -0.3 is 24.5 Å². The Kier molecular flexibility index (Phi) is 6.98. The van der Waals surface area contributed by atoms with E-state index in [-0.39, 0.29) is 23.7 Å². The zero-order valence-electron chi connectivity index (χ0n) is 19.1. The number of ether oxygens (including phenoxy) is 2. The van der Waals surface area contributed by atoms with Crippen LogP contribution in [-0.4, -0.2) is 36.6 Å². The molecular weight excluding hydrogens is 414 g/mol. The minimum Gasteiger partial charge on any atom is -0.489 e. The Morgan fingerprint density at radius 3 is 2.16 bits per heavy atom. The molecule has 6 nitrogen and oxygen atoms in total. The highest BCUT2D eigenvalue weighted by Gasteiger charge is 2.52. The van der Waals surface area contributed by atoms with Gasteiger partial charge in [-0.3, -0.25) is 0 Å². The van der Waals surface area contributed by atoms with Gasteiger partial charge in [0.25, 0.3) is 0 Å². The second-order valence-electron chi connectivity index (χ2n) is 9.60. The predicted octanol–water partition coefficient (Wildman–Crippen LogP) is 4.28. The molecule has 1 heterocycles. The van der Waals surface area contributed by atoms with Gasteiger partial charge in [0.2, 0.25) is 0 Å². The van der Waals surface area contributed by atoms with Gasteiger partial charge in [0.1, 0.15) is 18.0 Å². The van der Waals surface area contributed by atoms with Crippen molar-refractivity contribution in [2.24, 2.45) is 11.7 Å². The molecule has 2 N–H and O–H groups in total. The van der Waals surface area contributed by atoms with Crippen molar-refractivity contribution in [2.45, 2.75) is 77.9 Å². The maximum Gasteiger partial charge on any atom is 0.494 e. The number of carbonyl (C=O) groups is 1. The van der Waals surface area contributed by atoms with E-state index in [2.05, 4.69) is 0 Å². The monoisotopic (exact) mass is 445 g/mol. The lowest BCUT2D eigenvalue weighted by atomic mass is 9.78. The van der Waals surface area contributed by atoms with Crippen LogP contribution < -0.4 is 15.9 Å². The maximum atomic E-state index is 13.8. The van der Waals surface area contributed by atoms with Crippen molar-refractivity contribution in [3.05, 3.63) is 23.8 Å². The Bertz CT molecular complexity index is 797. The average Bonchev–Trinajstić information content (AvgIpc) is 2.78. The summed E-state index contributed by atoms with van der Waals surface area (Å²) in [4.78, 5) is 11.3. The molecule has 1 atom stereocenters. The van der Waals surface area contributed by atoms with Crippen LogP contribution in [0.4, 0.5) is 18.0 Å². The summed E-state index contributed by atoms with van der Waals surface area (Å²) in [6.45, 7) is 12.4. The van der Waals surface area contributed by atoms with Gasteiger partial charge in [-0.25, -0.2) is 4.79 Å². The number of alkyl halides is 3. The zero-order chi connectivity index (χ0) is 23.8. The third-order valence-corrected chi connectivity index (χ3v) is 5.55. The van der Waals surface area contributed by atoms with Crippen molar-refractivity contribution >= 4 is 18.7 Å². The molecule has 1 aromatic rings. The number of benzene rings is 1. The normalized spacial score (nSPS) is 19.9. The molecule has 1 aliphatic rings. The molecule has 1 unspecified atom stereocenters. The molecule has 1 amide bonds. The molecule has 31 heavy (non-hydrogen) atoms. The van der Waals surface area contributed by atoms with Crippen LogP contribution in [0.3, 0.4) is 0 Å². The van der Waals surface area contributed by atoms with E-state index < -0.39 is 41.8 Å². The molecule has 2 rings (SSSR count). The van der Waals surface area contributed by atoms with E-state index in [0.717, 1.165) is 6.07 Å². The fourth-order valence-electron chi connectivity index (χ4n) is 3.49. The first-order valence-electron chi connectivity index (χ1n) is 10.1. The van der Waals surface area contributed by atoms with Gasteiger partial charge in [0, 0.05) is 0 Å². The molecule has 0 radical (unpaired) electrons. The molecule has 0 aliphatic carbocycles. The Morgan fingerprint density at radius 2 is 1.71 bits per heavy atom. The van der Waals surface area contributed by atoms with Crippen LogP contribution in [-0.2, 0) is 20.2 Å². The number of nitrogens with two attached hydrogens (primary N) is 1. The van der Waals surface area contributed by atoms with E-state index in [1.54, 1.807) is 6.92 Å². The van der Waals surface area contributed by atoms with Crippen LogP contribution in [0.1, 0.15) is 60.5 Å². The molecule has 0 saturated carbocycles. The van der Waals surface area contributed by atoms with Gasteiger partial charge in [-0.2, -0.15) is 13.2 Å². The van der Waals surface area contributed by atoms with Gasteiger partial charge in [-0.05, 0) is 64.6 Å². The standard InChI is InChI=1S/C21H31BF3NO5/c1-13(2)11-20(7,29-17(26)27)12-28-16-9-8-14(10-15(16)21(23,24)25)22-30-18(3,4)19(5,6)31-22/h8-10,13H,11-12H2,1-7H3,(H2,26,27). The lowest BCUT2D eigenvalue weighted by molar-refractivity contribution is -0.139. The Balaban J connectivity index is 2.31. The second-order valence-corrected chi connectivity index (χ2v) is 9.60. The third-order valence-electron chi connectivity index (χ3n) is 5.55. The van der Waals surface area contributed by atoms with Crippen molar-refractivity contribution in [3.63, 3.8) is 0 Å². The Labute approximate surface area is 181 Å². The summed E-state index contributed by atoms with van der Waals surface area (Å²) in [5.74, 6) is -0.281. The molecule has 0 aromatic heterocycles. The summed E-state index contributed by atoms with van der Waals surface area (Å²) in [7, 11) is -0.940. The summed E-state index contributed by atoms with van der Waals surface area (Å²) in [5, 5.41) is 0. The first kappa shape index (κ1) is 25.3. The smallest absolute Gasteiger partial charge is 0.489 e. The zero-order valence-corrected chi connectivity index (χ0v) is 19.1. The van der Waals surface area contributed by atoms with Crippen LogP contribution in [0.25, 0.3) is 0 Å². The van der Waals surface area contributed by atoms with E-state index in [0.29, 0.717) is 6.42 Å². The summed E-state index contributed by atoms with van der Waals surface area (Å²) < 4.78 is 63.7. The van der Waals surface area contributed by atoms with Gasteiger partial charge in [0.05, 0.1) is 16.8 Å². The summed E-state index contributed by atoms with van der Waals surface area (Å²) in [5.41, 5.74) is 1.86. The van der Waals surface area contributed by atoms with E-state index in [9.17, 15) is 18.0 Å². The predicted molar refractivity (Wildman–Crippen MR) is 111 cm³/mol. The average molecular weight is 445 g/mol. The van der Waals surface area contributed by atoms with E-state index in [4.69, 9.17) is 24.5 Å². The summed E-state index contributed by atoms with van der Waals surface area (Å²) in [6, 6.07) is 3.66. The largest absolute Gasteiger partial charge is 0.494 e. The fourth-order valence-corrected chi connectivity index (χ4v) is 3.49. The van der Waals surface area contributed by atoms with Crippen LogP contribution in [0.5, 0.6) is 5.75 Å². The first-order valence-corrected chi connectivity index (χ1v) is 10.1. The second kappa shape index (κ2) is 8.54. The number of hydrogen-bond acceptors (Lipinski definition) is 5. The lowest BCUT2D eigenvalue weighted by Crippen LogP contribution is -2.41. The molecular formula is C21H31BF3NO5. The van der Waals surface area contributed by atoms with Crippen LogP contribution in [0, 0.1) is 5.92 Å². The maximum absolute atomic E-state index is 13.8. The van der Waals surface area contributed by atoms with Crippen molar-refractivity contribution in [1.29, 1.82) is 0 Å². The molecule has 1 aliphatic heterocycles. The molecule has 0 spiro atoms. The topological polar surface area (TPSA) is 80.0 Å². The minimum atomic E-state index is -4.67.